The topological polar surface area (TPSA) is 75.3 Å². The predicted octanol–water partition coefficient (Wildman–Crippen LogP) is 1.01. The molecule has 0 bridgehead atoms. The van der Waals surface area contributed by atoms with E-state index in [1.54, 1.807) is 0 Å². The fourth-order valence-electron chi connectivity index (χ4n) is 2.57. The quantitative estimate of drug-likeness (QED) is 0.818. The van der Waals surface area contributed by atoms with Crippen molar-refractivity contribution in [1.29, 1.82) is 0 Å². The van der Waals surface area contributed by atoms with Gasteiger partial charge in [0.15, 0.2) is 4.34 Å². The van der Waals surface area contributed by atoms with Gasteiger partial charge in [-0.05, 0) is 25.4 Å². The summed E-state index contributed by atoms with van der Waals surface area (Å²) in [6.07, 6.45) is 1.14. The van der Waals surface area contributed by atoms with E-state index in [2.05, 4.69) is 29.1 Å². The monoisotopic (exact) mass is 315 g/mol. The van der Waals surface area contributed by atoms with Gasteiger partial charge in [-0.3, -0.25) is 4.79 Å². The molecule has 0 radical (unpaired) electrons. The van der Waals surface area contributed by atoms with Gasteiger partial charge in [0.1, 0.15) is 0 Å². The van der Waals surface area contributed by atoms with Crippen LogP contribution in [0.1, 0.15) is 13.3 Å². The molecule has 0 aromatic carbocycles. The number of aromatic nitrogens is 2. The van der Waals surface area contributed by atoms with Gasteiger partial charge in [-0.15, -0.1) is 10.2 Å². The highest BCUT2D eigenvalue weighted by Gasteiger charge is 2.33. The van der Waals surface area contributed by atoms with Crippen LogP contribution in [-0.4, -0.2) is 65.4 Å². The number of hydrogen-bond acceptors (Lipinski definition) is 7. The van der Waals surface area contributed by atoms with E-state index in [-0.39, 0.29) is 11.3 Å². The van der Waals surface area contributed by atoms with Gasteiger partial charge in [-0.25, -0.2) is 0 Å². The molecule has 0 saturated carbocycles. The summed E-state index contributed by atoms with van der Waals surface area (Å²) in [6, 6.07) is 0. The maximum atomic E-state index is 12.2. The van der Waals surface area contributed by atoms with E-state index in [0.717, 1.165) is 30.4 Å². The Morgan fingerprint density at radius 3 is 2.90 bits per heavy atom. The predicted molar refractivity (Wildman–Crippen MR) is 82.9 cm³/mol. The summed E-state index contributed by atoms with van der Waals surface area (Å²) >= 11 is 2.71. The van der Waals surface area contributed by atoms with Crippen LogP contribution in [0.15, 0.2) is 4.34 Å². The Morgan fingerprint density at radius 2 is 2.35 bits per heavy atom. The van der Waals surface area contributed by atoms with Gasteiger partial charge in [0.2, 0.25) is 11.0 Å². The number of amides is 1. The van der Waals surface area contributed by atoms with Crippen molar-refractivity contribution in [3.63, 3.8) is 0 Å². The smallest absolute Gasteiger partial charge is 0.232 e. The summed E-state index contributed by atoms with van der Waals surface area (Å²) in [5.74, 6) is 0.511. The number of carbonyl (C=O) groups excluding carboxylic acids is 1. The van der Waals surface area contributed by atoms with Gasteiger partial charge in [0.25, 0.3) is 0 Å². The number of thioether (sulfide) groups is 1. The second-order valence-electron chi connectivity index (χ2n) is 5.74. The number of nitrogens with zero attached hydrogens (tertiary/aromatic N) is 4. The normalized spacial score (nSPS) is 23.1. The summed E-state index contributed by atoms with van der Waals surface area (Å²) in [7, 11) is 4.00. The largest absolute Gasteiger partial charge is 0.374 e. The van der Waals surface area contributed by atoms with Crippen molar-refractivity contribution in [2.24, 2.45) is 5.41 Å². The van der Waals surface area contributed by atoms with E-state index in [4.69, 9.17) is 5.73 Å². The van der Waals surface area contributed by atoms with Crippen molar-refractivity contribution >= 4 is 34.1 Å². The molecule has 112 valence electrons. The fourth-order valence-corrected chi connectivity index (χ4v) is 4.15. The summed E-state index contributed by atoms with van der Waals surface area (Å²) < 4.78 is 0.746. The van der Waals surface area contributed by atoms with Crippen molar-refractivity contribution < 1.29 is 4.79 Å². The number of nitrogens with two attached hydrogens (primary N) is 1. The van der Waals surface area contributed by atoms with Gasteiger partial charge in [-0.1, -0.05) is 30.0 Å². The van der Waals surface area contributed by atoms with Crippen LogP contribution < -0.4 is 5.73 Å². The van der Waals surface area contributed by atoms with Crippen LogP contribution in [0.3, 0.4) is 0 Å². The third-order valence-electron chi connectivity index (χ3n) is 3.53. The Hall–Kier alpha value is -0.860. The summed E-state index contributed by atoms with van der Waals surface area (Å²) in [5, 5.41) is 8.08. The zero-order valence-electron chi connectivity index (χ0n) is 12.1. The highest BCUT2D eigenvalue weighted by atomic mass is 32.2. The highest BCUT2D eigenvalue weighted by molar-refractivity contribution is 8.01. The molecule has 1 amide bonds. The molecule has 1 aliphatic rings. The SMILES string of the molecule is CN1CCC(C)(CN(C)C(=O)CSc2nnc(N)s2)C1. The summed E-state index contributed by atoms with van der Waals surface area (Å²) in [5.41, 5.74) is 5.72. The standard InChI is InChI=1S/C12H21N5OS2/c1-12(4-5-16(2)7-12)8-17(3)9(18)6-19-11-15-14-10(13)20-11/h4-8H2,1-3H3,(H2,13,14). The molecule has 20 heavy (non-hydrogen) atoms. The number of rotatable bonds is 5. The summed E-state index contributed by atoms with van der Waals surface area (Å²) in [4.78, 5) is 16.3. The Kier molecular flexibility index (Phi) is 4.87. The number of carbonyl (C=O) groups is 1. The first kappa shape index (κ1) is 15.5. The first-order valence-corrected chi connectivity index (χ1v) is 8.32. The van der Waals surface area contributed by atoms with Gasteiger partial charge < -0.3 is 15.5 Å². The number of likely N-dealkylation sites (tertiary alicyclic amines) is 1. The molecule has 2 heterocycles. The average Bonchev–Trinajstić information content (AvgIpc) is 2.92. The lowest BCUT2D eigenvalue weighted by Crippen LogP contribution is -2.39. The lowest BCUT2D eigenvalue weighted by molar-refractivity contribution is -0.128. The van der Waals surface area contributed by atoms with E-state index in [0.29, 0.717) is 10.9 Å². The minimum Gasteiger partial charge on any atom is -0.374 e. The molecular formula is C12H21N5OS2. The van der Waals surface area contributed by atoms with Crippen molar-refractivity contribution in [3.05, 3.63) is 0 Å². The second kappa shape index (κ2) is 6.28. The fraction of sp³-hybridized carbons (Fsp3) is 0.750. The average molecular weight is 315 g/mol. The Bertz CT molecular complexity index is 480. The van der Waals surface area contributed by atoms with Crippen molar-refractivity contribution in [1.82, 2.24) is 20.0 Å². The number of hydrogen-bond donors (Lipinski definition) is 1. The highest BCUT2D eigenvalue weighted by Crippen LogP contribution is 2.30. The molecule has 2 N–H and O–H groups in total. The molecule has 1 unspecified atom stereocenters. The minimum atomic E-state index is 0.125. The molecule has 2 rings (SSSR count). The number of nitrogen functional groups attached to an aromatic ring is 1. The maximum Gasteiger partial charge on any atom is 0.232 e. The van der Waals surface area contributed by atoms with E-state index >= 15 is 0 Å². The van der Waals surface area contributed by atoms with Crippen LogP contribution in [0.25, 0.3) is 0 Å². The van der Waals surface area contributed by atoms with Crippen LogP contribution in [0.2, 0.25) is 0 Å². The van der Waals surface area contributed by atoms with Crippen LogP contribution >= 0.6 is 23.1 Å². The maximum absolute atomic E-state index is 12.2. The molecule has 8 heteroatoms. The minimum absolute atomic E-state index is 0.125. The third-order valence-corrected chi connectivity index (χ3v) is 5.41. The van der Waals surface area contributed by atoms with Crippen LogP contribution in [0.5, 0.6) is 0 Å². The lowest BCUT2D eigenvalue weighted by Gasteiger charge is -2.29. The Morgan fingerprint density at radius 1 is 1.60 bits per heavy atom. The first-order valence-electron chi connectivity index (χ1n) is 6.52. The van der Waals surface area contributed by atoms with Crippen molar-refractivity contribution in [2.45, 2.75) is 17.7 Å². The van der Waals surface area contributed by atoms with Gasteiger partial charge in [-0.2, -0.15) is 0 Å². The van der Waals surface area contributed by atoms with Gasteiger partial charge in [0.05, 0.1) is 5.75 Å². The molecule has 0 spiro atoms. The molecule has 1 aliphatic heterocycles. The zero-order valence-corrected chi connectivity index (χ0v) is 13.8. The van der Waals surface area contributed by atoms with Crippen LogP contribution in [0, 0.1) is 5.41 Å². The molecule has 1 aromatic rings. The summed E-state index contributed by atoms with van der Waals surface area (Å²) in [6.45, 7) is 5.20. The first-order chi connectivity index (χ1) is 9.38. The Balaban J connectivity index is 1.80. The van der Waals surface area contributed by atoms with Crippen molar-refractivity contribution in [3.8, 4) is 0 Å². The molecule has 1 aromatic heterocycles. The molecule has 1 atom stereocenters. The Labute approximate surface area is 127 Å². The van der Waals surface area contributed by atoms with Crippen LogP contribution in [0.4, 0.5) is 5.13 Å². The molecule has 6 nitrogen and oxygen atoms in total. The second-order valence-corrected chi connectivity index (χ2v) is 7.97. The van der Waals surface area contributed by atoms with Gasteiger partial charge in [0, 0.05) is 20.1 Å². The van der Waals surface area contributed by atoms with E-state index in [1.807, 2.05) is 11.9 Å². The van der Waals surface area contributed by atoms with Crippen molar-refractivity contribution in [2.75, 3.05) is 45.2 Å². The van der Waals surface area contributed by atoms with Crippen LogP contribution in [-0.2, 0) is 4.79 Å². The molecule has 0 aliphatic carbocycles. The van der Waals surface area contributed by atoms with E-state index in [9.17, 15) is 4.79 Å². The van der Waals surface area contributed by atoms with Gasteiger partial charge >= 0.3 is 0 Å². The molecule has 1 fully saturated rings. The molecule has 1 saturated heterocycles. The molecular weight excluding hydrogens is 294 g/mol. The zero-order chi connectivity index (χ0) is 14.8. The lowest BCUT2D eigenvalue weighted by atomic mass is 9.89. The third kappa shape index (κ3) is 4.07. The number of anilines is 1. The van der Waals surface area contributed by atoms with E-state index < -0.39 is 0 Å². The van der Waals surface area contributed by atoms with E-state index in [1.165, 1.54) is 23.1 Å².